The highest BCUT2D eigenvalue weighted by Gasteiger charge is 2.37. The van der Waals surface area contributed by atoms with E-state index in [1.807, 2.05) is 31.2 Å². The number of esters is 1. The van der Waals surface area contributed by atoms with Crippen LogP contribution < -0.4 is 10.2 Å². The molecule has 3 rings (SSSR count). The minimum absolute atomic E-state index is 0.0611. The number of carbonyl (C=O) groups excluding carboxylic acids is 3. The van der Waals surface area contributed by atoms with Gasteiger partial charge in [0, 0.05) is 18.7 Å². The van der Waals surface area contributed by atoms with E-state index < -0.39 is 23.9 Å². The second kappa shape index (κ2) is 8.44. The number of para-hydroxylation sites is 1. The number of benzene rings is 2. The molecule has 1 heterocycles. The Morgan fingerprint density at radius 2 is 1.86 bits per heavy atom. The van der Waals surface area contributed by atoms with Crippen molar-refractivity contribution >= 4 is 40.8 Å². The van der Waals surface area contributed by atoms with E-state index in [-0.39, 0.29) is 18.9 Å². The number of hydrogen-bond donors (Lipinski definition) is 1. The van der Waals surface area contributed by atoms with Crippen LogP contribution in [0.1, 0.15) is 18.9 Å². The molecule has 1 fully saturated rings. The number of nitrogens with zero attached hydrogens (tertiary/aromatic N) is 1. The van der Waals surface area contributed by atoms with Gasteiger partial charge in [0.15, 0.2) is 6.10 Å². The van der Waals surface area contributed by atoms with Crippen molar-refractivity contribution in [1.82, 2.24) is 0 Å². The summed E-state index contributed by atoms with van der Waals surface area (Å²) in [6, 6.07) is 14.3. The van der Waals surface area contributed by atoms with Gasteiger partial charge in [-0.05, 0) is 38.1 Å². The maximum absolute atomic E-state index is 12.4. The van der Waals surface area contributed by atoms with Crippen LogP contribution in [0.5, 0.6) is 0 Å². The fourth-order valence-electron chi connectivity index (χ4n) is 2.96. The average Bonchev–Trinajstić information content (AvgIpc) is 3.06. The molecule has 28 heavy (non-hydrogen) atoms. The lowest BCUT2D eigenvalue weighted by atomic mass is 10.1. The molecule has 0 aliphatic carbocycles. The van der Waals surface area contributed by atoms with Gasteiger partial charge in [-0.1, -0.05) is 41.4 Å². The van der Waals surface area contributed by atoms with Crippen molar-refractivity contribution in [3.05, 3.63) is 59.1 Å². The number of aryl methyl sites for hydroxylation is 1. The summed E-state index contributed by atoms with van der Waals surface area (Å²) in [5, 5.41) is 3.02. The van der Waals surface area contributed by atoms with Crippen LogP contribution in [-0.2, 0) is 19.1 Å². The highest BCUT2D eigenvalue weighted by molar-refractivity contribution is 6.33. The van der Waals surface area contributed by atoms with Crippen molar-refractivity contribution < 1.29 is 19.1 Å². The summed E-state index contributed by atoms with van der Waals surface area (Å²) in [7, 11) is 0. The molecule has 1 N–H and O–H groups in total. The Hall–Kier alpha value is -2.86. The number of amides is 2. The standard InChI is InChI=1S/C21H21ClN2O4/c1-13-7-9-16(10-8-13)24-12-15(11-19(24)25)21(27)28-14(2)20(26)23-18-6-4-3-5-17(18)22/h3-10,14-15H,11-12H2,1-2H3,(H,23,26)/t14-,15+/m1/s1. The fraction of sp³-hybridized carbons (Fsp3) is 0.286. The van der Waals surface area contributed by atoms with Crippen LogP contribution in [0.15, 0.2) is 48.5 Å². The molecule has 1 saturated heterocycles. The molecule has 0 radical (unpaired) electrons. The Balaban J connectivity index is 1.58. The number of ether oxygens (including phenoxy) is 1. The summed E-state index contributed by atoms with van der Waals surface area (Å²) in [5.74, 6) is -1.80. The zero-order valence-electron chi connectivity index (χ0n) is 15.6. The number of halogens is 1. The van der Waals surface area contributed by atoms with Gasteiger partial charge in [0.05, 0.1) is 16.6 Å². The molecule has 0 spiro atoms. The summed E-state index contributed by atoms with van der Waals surface area (Å²) in [6.45, 7) is 3.68. The SMILES string of the molecule is Cc1ccc(N2C[C@@H](C(=O)O[C@H](C)C(=O)Nc3ccccc3Cl)CC2=O)cc1. The minimum atomic E-state index is -1.01. The summed E-state index contributed by atoms with van der Waals surface area (Å²) < 4.78 is 5.29. The molecule has 7 heteroatoms. The lowest BCUT2D eigenvalue weighted by Gasteiger charge is -2.18. The van der Waals surface area contributed by atoms with Gasteiger partial charge in [-0.25, -0.2) is 0 Å². The first-order valence-corrected chi connectivity index (χ1v) is 9.36. The van der Waals surface area contributed by atoms with Crippen LogP contribution in [0.2, 0.25) is 5.02 Å². The van der Waals surface area contributed by atoms with Gasteiger partial charge in [-0.3, -0.25) is 14.4 Å². The van der Waals surface area contributed by atoms with Gasteiger partial charge in [-0.15, -0.1) is 0 Å². The van der Waals surface area contributed by atoms with Crippen molar-refractivity contribution in [3.8, 4) is 0 Å². The maximum atomic E-state index is 12.4. The van der Waals surface area contributed by atoms with Crippen molar-refractivity contribution in [3.63, 3.8) is 0 Å². The van der Waals surface area contributed by atoms with Crippen LogP contribution >= 0.6 is 11.6 Å². The summed E-state index contributed by atoms with van der Waals surface area (Å²) >= 11 is 6.02. The molecule has 0 saturated carbocycles. The van der Waals surface area contributed by atoms with Gasteiger partial charge in [0.2, 0.25) is 5.91 Å². The zero-order chi connectivity index (χ0) is 20.3. The predicted molar refractivity (Wildman–Crippen MR) is 107 cm³/mol. The molecular formula is C21H21ClN2O4. The molecule has 2 aromatic carbocycles. The second-order valence-electron chi connectivity index (χ2n) is 6.79. The van der Waals surface area contributed by atoms with E-state index in [0.717, 1.165) is 11.3 Å². The number of anilines is 2. The average molecular weight is 401 g/mol. The summed E-state index contributed by atoms with van der Waals surface area (Å²) in [5.41, 5.74) is 2.28. The maximum Gasteiger partial charge on any atom is 0.312 e. The van der Waals surface area contributed by atoms with E-state index in [2.05, 4.69) is 5.32 Å². The smallest absolute Gasteiger partial charge is 0.312 e. The monoisotopic (exact) mass is 400 g/mol. The van der Waals surface area contributed by atoms with Crippen molar-refractivity contribution in [1.29, 1.82) is 0 Å². The Morgan fingerprint density at radius 1 is 1.18 bits per heavy atom. The van der Waals surface area contributed by atoms with Gasteiger partial charge in [-0.2, -0.15) is 0 Å². The van der Waals surface area contributed by atoms with E-state index in [1.165, 1.54) is 6.92 Å². The number of rotatable bonds is 5. The summed E-state index contributed by atoms with van der Waals surface area (Å²) in [6.07, 6.45) is -0.946. The lowest BCUT2D eigenvalue weighted by molar-refractivity contribution is -0.157. The molecule has 1 aliphatic rings. The van der Waals surface area contributed by atoms with Crippen LogP contribution in [0.4, 0.5) is 11.4 Å². The molecule has 2 amide bonds. The van der Waals surface area contributed by atoms with Crippen LogP contribution in [0, 0.1) is 12.8 Å². The molecular weight excluding hydrogens is 380 g/mol. The van der Waals surface area contributed by atoms with Crippen molar-refractivity contribution in [2.45, 2.75) is 26.4 Å². The van der Waals surface area contributed by atoms with E-state index in [9.17, 15) is 14.4 Å². The highest BCUT2D eigenvalue weighted by Crippen LogP contribution is 2.26. The van der Waals surface area contributed by atoms with E-state index in [0.29, 0.717) is 10.7 Å². The first-order chi connectivity index (χ1) is 13.3. The Morgan fingerprint density at radius 3 is 2.54 bits per heavy atom. The minimum Gasteiger partial charge on any atom is -0.452 e. The topological polar surface area (TPSA) is 75.7 Å². The molecule has 0 bridgehead atoms. The number of nitrogens with one attached hydrogen (secondary N) is 1. The molecule has 6 nitrogen and oxygen atoms in total. The van der Waals surface area contributed by atoms with Crippen LogP contribution in [-0.4, -0.2) is 30.4 Å². The van der Waals surface area contributed by atoms with Gasteiger partial charge < -0.3 is 15.0 Å². The first kappa shape index (κ1) is 19.9. The third kappa shape index (κ3) is 4.51. The van der Waals surface area contributed by atoms with Crippen LogP contribution in [0.3, 0.4) is 0 Å². The lowest BCUT2D eigenvalue weighted by Crippen LogP contribution is -2.33. The predicted octanol–water partition coefficient (Wildman–Crippen LogP) is 3.57. The highest BCUT2D eigenvalue weighted by atomic mass is 35.5. The van der Waals surface area contributed by atoms with E-state index in [1.54, 1.807) is 29.2 Å². The molecule has 1 aliphatic heterocycles. The third-order valence-electron chi connectivity index (χ3n) is 4.60. The fourth-order valence-corrected chi connectivity index (χ4v) is 3.14. The van der Waals surface area contributed by atoms with Crippen molar-refractivity contribution in [2.24, 2.45) is 5.92 Å². The largest absolute Gasteiger partial charge is 0.452 e. The van der Waals surface area contributed by atoms with Crippen LogP contribution in [0.25, 0.3) is 0 Å². The van der Waals surface area contributed by atoms with Gasteiger partial charge >= 0.3 is 5.97 Å². The molecule has 2 atom stereocenters. The Bertz CT molecular complexity index is 898. The first-order valence-electron chi connectivity index (χ1n) is 8.98. The molecule has 0 unspecified atom stereocenters. The molecule has 0 aromatic heterocycles. The van der Waals surface area contributed by atoms with Gasteiger partial charge in [0.1, 0.15) is 0 Å². The number of hydrogen-bond acceptors (Lipinski definition) is 4. The number of carbonyl (C=O) groups is 3. The quantitative estimate of drug-likeness (QED) is 0.778. The zero-order valence-corrected chi connectivity index (χ0v) is 16.4. The normalized spacial score (nSPS) is 17.3. The second-order valence-corrected chi connectivity index (χ2v) is 7.20. The molecule has 146 valence electrons. The Labute approximate surface area is 168 Å². The van der Waals surface area contributed by atoms with E-state index in [4.69, 9.17) is 16.3 Å². The Kier molecular flexibility index (Phi) is 5.99. The summed E-state index contributed by atoms with van der Waals surface area (Å²) in [4.78, 5) is 38.6. The van der Waals surface area contributed by atoms with Crippen molar-refractivity contribution in [2.75, 3.05) is 16.8 Å². The molecule has 2 aromatic rings. The third-order valence-corrected chi connectivity index (χ3v) is 4.93. The van der Waals surface area contributed by atoms with Gasteiger partial charge in [0.25, 0.3) is 5.91 Å². The van der Waals surface area contributed by atoms with E-state index >= 15 is 0 Å².